The fourth-order valence-electron chi connectivity index (χ4n) is 3.13. The number of nitrogens with two attached hydrogens (primary N) is 1. The first-order valence-corrected chi connectivity index (χ1v) is 13.6. The molecule has 0 bridgehead atoms. The normalized spacial score (nSPS) is 14.9. The lowest BCUT2D eigenvalue weighted by Gasteiger charge is -2.18. The number of anilines is 2. The molecule has 4 N–H and O–H groups in total. The van der Waals surface area contributed by atoms with Crippen LogP contribution in [0.5, 0.6) is 0 Å². The molecule has 14 heteroatoms. The molecule has 1 aliphatic heterocycles. The van der Waals surface area contributed by atoms with Crippen LogP contribution in [-0.4, -0.2) is 20.2 Å². The van der Waals surface area contributed by atoms with Crippen LogP contribution in [0.2, 0.25) is 20.1 Å². The van der Waals surface area contributed by atoms with Crippen LogP contribution in [0, 0.1) is 0 Å². The van der Waals surface area contributed by atoms with E-state index in [0.717, 1.165) is 11.9 Å². The molecule has 3 aromatic carbocycles. The van der Waals surface area contributed by atoms with Crippen molar-refractivity contribution >= 4 is 97.2 Å². The molecule has 8 nitrogen and oxygen atoms in total. The standard InChI is InChI=1S/C21H15Cl4N5O3S2/c22-14-5-4-11(29-35(32,33)13-3-1-2-12(7-13)34-26)6-18(14)27-20-10-21(31)30(28-20)19-9-16(24)15(23)8-17(19)25/h1-9,29H,10,26H2,(H,27,28). The van der Waals surface area contributed by atoms with Crippen LogP contribution in [0.1, 0.15) is 6.42 Å². The SMILES string of the molecule is NSc1cccc(S(=O)(=O)Nc2ccc(Cl)c(N=C3CC(=O)N(c4cc(Cl)c(Cl)cc4Cl)N3)c2)c1. The van der Waals surface area contributed by atoms with E-state index in [4.69, 9.17) is 51.5 Å². The van der Waals surface area contributed by atoms with Gasteiger partial charge < -0.3 is 0 Å². The molecule has 182 valence electrons. The van der Waals surface area contributed by atoms with Crippen LogP contribution in [0.4, 0.5) is 17.1 Å². The zero-order valence-electron chi connectivity index (χ0n) is 17.4. The number of nitrogens with one attached hydrogen (secondary N) is 2. The van der Waals surface area contributed by atoms with Crippen LogP contribution in [0.3, 0.4) is 0 Å². The summed E-state index contributed by atoms with van der Waals surface area (Å²) in [6, 6.07) is 13.5. The highest BCUT2D eigenvalue weighted by Gasteiger charge is 2.29. The molecule has 0 radical (unpaired) electrons. The second-order valence-corrected chi connectivity index (χ2v) is 11.2. The summed E-state index contributed by atoms with van der Waals surface area (Å²) < 4.78 is 28.1. The highest BCUT2D eigenvalue weighted by atomic mass is 35.5. The lowest BCUT2D eigenvalue weighted by Crippen LogP contribution is -2.36. The first-order chi connectivity index (χ1) is 16.6. The molecule has 1 fully saturated rings. The van der Waals surface area contributed by atoms with Gasteiger partial charge in [0, 0.05) is 4.90 Å². The average Bonchev–Trinajstić information content (AvgIpc) is 3.18. The Balaban J connectivity index is 1.59. The molecular formula is C21H15Cl4N5O3S2. The number of carbonyl (C=O) groups is 1. The van der Waals surface area contributed by atoms with Gasteiger partial charge in [-0.3, -0.25) is 20.1 Å². The summed E-state index contributed by atoms with van der Waals surface area (Å²) in [6.45, 7) is 0. The second-order valence-electron chi connectivity index (χ2n) is 7.16. The number of hydrazine groups is 1. The summed E-state index contributed by atoms with van der Waals surface area (Å²) in [5, 5.41) is 7.67. The van der Waals surface area contributed by atoms with Crippen molar-refractivity contribution in [1.29, 1.82) is 0 Å². The monoisotopic (exact) mass is 589 g/mol. The summed E-state index contributed by atoms with van der Waals surface area (Å²) in [5.74, 6) is -0.0682. The Hall–Kier alpha value is -2.18. The van der Waals surface area contributed by atoms with Gasteiger partial charge in [-0.15, -0.1) is 0 Å². The van der Waals surface area contributed by atoms with Crippen LogP contribution >= 0.6 is 58.4 Å². The van der Waals surface area contributed by atoms with Crippen LogP contribution < -0.4 is 20.3 Å². The fourth-order valence-corrected chi connectivity index (χ4v) is 5.44. The van der Waals surface area contributed by atoms with Gasteiger partial charge in [-0.1, -0.05) is 52.5 Å². The van der Waals surface area contributed by atoms with Crippen molar-refractivity contribution in [3.63, 3.8) is 0 Å². The third-order valence-corrected chi connectivity index (χ3v) is 7.99. The molecule has 0 unspecified atom stereocenters. The number of amides is 1. The van der Waals surface area contributed by atoms with Crippen molar-refractivity contribution in [1.82, 2.24) is 5.43 Å². The molecule has 4 rings (SSSR count). The molecule has 1 amide bonds. The highest BCUT2D eigenvalue weighted by Crippen LogP contribution is 2.36. The number of aliphatic imine (C=N–C) groups is 1. The third kappa shape index (κ3) is 5.80. The lowest BCUT2D eigenvalue weighted by molar-refractivity contribution is -0.116. The summed E-state index contributed by atoms with van der Waals surface area (Å²) in [6.07, 6.45) is -0.0770. The van der Waals surface area contributed by atoms with Crippen molar-refractivity contribution in [2.75, 3.05) is 9.73 Å². The molecule has 0 spiro atoms. The Morgan fingerprint density at radius 1 is 0.971 bits per heavy atom. The minimum absolute atomic E-state index is 0.0490. The molecule has 0 atom stereocenters. The molecule has 1 saturated heterocycles. The fraction of sp³-hybridized carbons (Fsp3) is 0.0476. The van der Waals surface area contributed by atoms with Crippen molar-refractivity contribution in [2.45, 2.75) is 16.2 Å². The number of sulfonamides is 1. The molecule has 0 aliphatic carbocycles. The smallest absolute Gasteiger partial charge is 0.261 e. The summed E-state index contributed by atoms with van der Waals surface area (Å²) in [4.78, 5) is 17.6. The maximum Gasteiger partial charge on any atom is 0.261 e. The van der Waals surface area contributed by atoms with Gasteiger partial charge in [0.25, 0.3) is 15.9 Å². The first kappa shape index (κ1) is 25.9. The lowest BCUT2D eigenvalue weighted by atomic mass is 10.3. The third-order valence-electron chi connectivity index (χ3n) is 4.75. The molecular weight excluding hydrogens is 576 g/mol. The zero-order valence-corrected chi connectivity index (χ0v) is 22.1. The van der Waals surface area contributed by atoms with Crippen LogP contribution in [-0.2, 0) is 14.8 Å². The maximum atomic E-state index is 12.8. The predicted octanol–water partition coefficient (Wildman–Crippen LogP) is 6.04. The highest BCUT2D eigenvalue weighted by molar-refractivity contribution is 7.97. The van der Waals surface area contributed by atoms with Gasteiger partial charge >= 0.3 is 0 Å². The number of hydrogen-bond acceptors (Lipinski definition) is 6. The number of halogens is 4. The molecule has 1 aliphatic rings. The van der Waals surface area contributed by atoms with E-state index >= 15 is 0 Å². The minimum atomic E-state index is -3.90. The number of carbonyl (C=O) groups excluding carboxylic acids is 1. The number of hydrogen-bond donors (Lipinski definition) is 3. The first-order valence-electron chi connectivity index (χ1n) is 9.68. The van der Waals surface area contributed by atoms with Gasteiger partial charge in [-0.25, -0.2) is 18.4 Å². The Morgan fingerprint density at radius 3 is 2.46 bits per heavy atom. The van der Waals surface area contributed by atoms with E-state index in [1.54, 1.807) is 12.1 Å². The number of rotatable bonds is 6. The summed E-state index contributed by atoms with van der Waals surface area (Å²) in [5.41, 5.74) is 3.65. The quantitative estimate of drug-likeness (QED) is 0.238. The minimum Gasteiger partial charge on any atom is -0.280 e. The zero-order chi connectivity index (χ0) is 25.3. The molecule has 3 aromatic rings. The molecule has 0 aromatic heterocycles. The Labute approximate surface area is 225 Å². The van der Waals surface area contributed by atoms with E-state index in [-0.39, 0.29) is 54.5 Å². The van der Waals surface area contributed by atoms with Crippen molar-refractivity contribution < 1.29 is 13.2 Å². The number of benzene rings is 3. The van der Waals surface area contributed by atoms with Crippen molar-refractivity contribution in [3.8, 4) is 0 Å². The summed E-state index contributed by atoms with van der Waals surface area (Å²) in [7, 11) is -3.90. The Kier molecular flexibility index (Phi) is 7.72. The number of amidine groups is 1. The topological polar surface area (TPSA) is 117 Å². The van der Waals surface area contributed by atoms with Gasteiger partial charge in [-0.2, -0.15) is 0 Å². The second kappa shape index (κ2) is 10.4. The van der Waals surface area contributed by atoms with E-state index in [1.165, 1.54) is 47.5 Å². The summed E-state index contributed by atoms with van der Waals surface area (Å²) >= 11 is 25.5. The van der Waals surface area contributed by atoms with E-state index in [1.807, 2.05) is 0 Å². The molecule has 35 heavy (non-hydrogen) atoms. The largest absolute Gasteiger partial charge is 0.280 e. The van der Waals surface area contributed by atoms with Crippen molar-refractivity contribution in [3.05, 3.63) is 74.7 Å². The van der Waals surface area contributed by atoms with Gasteiger partial charge in [0.2, 0.25) is 0 Å². The number of nitrogens with zero attached hydrogens (tertiary/aromatic N) is 2. The average molecular weight is 591 g/mol. The van der Waals surface area contributed by atoms with E-state index in [0.29, 0.717) is 10.6 Å². The van der Waals surface area contributed by atoms with Crippen LogP contribution in [0.15, 0.2) is 69.4 Å². The van der Waals surface area contributed by atoms with E-state index in [9.17, 15) is 13.2 Å². The van der Waals surface area contributed by atoms with Crippen LogP contribution in [0.25, 0.3) is 0 Å². The predicted molar refractivity (Wildman–Crippen MR) is 143 cm³/mol. The molecule has 0 saturated carbocycles. The van der Waals surface area contributed by atoms with E-state index < -0.39 is 10.0 Å². The van der Waals surface area contributed by atoms with Gasteiger partial charge in [0.15, 0.2) is 0 Å². The molecule has 1 heterocycles. The van der Waals surface area contributed by atoms with Gasteiger partial charge in [0.1, 0.15) is 5.84 Å². The van der Waals surface area contributed by atoms with Gasteiger partial charge in [0.05, 0.1) is 48.5 Å². The Morgan fingerprint density at radius 2 is 1.71 bits per heavy atom. The van der Waals surface area contributed by atoms with Gasteiger partial charge in [-0.05, 0) is 60.5 Å². The van der Waals surface area contributed by atoms with E-state index in [2.05, 4.69) is 15.1 Å². The maximum absolute atomic E-state index is 12.8. The van der Waals surface area contributed by atoms with Crippen molar-refractivity contribution in [2.24, 2.45) is 10.1 Å². The Bertz CT molecular complexity index is 1470.